The molecule has 0 aromatic rings. The lowest BCUT2D eigenvalue weighted by atomic mass is 10.5. The normalized spacial score (nSPS) is 11.7. The molecule has 0 aliphatic rings. The number of hydrogen-bond acceptors (Lipinski definition) is 7. The van der Waals surface area contributed by atoms with E-state index in [1.54, 1.807) is 6.92 Å². The number of ether oxygens (including phenoxy) is 5. The minimum Gasteiger partial charge on any atom is -0.466 e. The highest BCUT2D eigenvalue weighted by Gasteiger charge is 2.12. The minimum atomic E-state index is -1.43. The van der Waals surface area contributed by atoms with Crippen molar-refractivity contribution in [2.24, 2.45) is 0 Å². The smallest absolute Gasteiger partial charge is 0.308 e. The van der Waals surface area contributed by atoms with Gasteiger partial charge in [-0.05, 0) is 26.6 Å². The largest absolute Gasteiger partial charge is 0.466 e. The summed E-state index contributed by atoms with van der Waals surface area (Å²) in [6.07, 6.45) is 0.278. The Morgan fingerprint density at radius 2 is 1.12 bits per heavy atom. The van der Waals surface area contributed by atoms with Crippen molar-refractivity contribution in [2.45, 2.75) is 33.0 Å². The van der Waals surface area contributed by atoms with Crippen molar-refractivity contribution in [3.63, 3.8) is 0 Å². The van der Waals surface area contributed by atoms with Gasteiger partial charge in [0.15, 0.2) is 8.32 Å². The van der Waals surface area contributed by atoms with Crippen LogP contribution in [0.5, 0.6) is 0 Å². The van der Waals surface area contributed by atoms with Crippen LogP contribution in [0.2, 0.25) is 19.6 Å². The molecule has 0 radical (unpaired) electrons. The van der Waals surface area contributed by atoms with Crippen LogP contribution in [0.25, 0.3) is 0 Å². The first-order valence-corrected chi connectivity index (χ1v) is 12.0. The zero-order valence-corrected chi connectivity index (χ0v) is 16.6. The first-order chi connectivity index (χ1) is 11.5. The van der Waals surface area contributed by atoms with Crippen molar-refractivity contribution in [1.82, 2.24) is 0 Å². The Balaban J connectivity index is 3.09. The van der Waals surface area contributed by atoms with E-state index in [2.05, 4.69) is 19.6 Å². The Morgan fingerprint density at radius 1 is 0.708 bits per heavy atom. The van der Waals surface area contributed by atoms with Gasteiger partial charge in [-0.3, -0.25) is 4.79 Å². The predicted octanol–water partition coefficient (Wildman–Crippen LogP) is 1.86. The van der Waals surface area contributed by atoms with Crippen LogP contribution in [-0.4, -0.2) is 80.4 Å². The van der Waals surface area contributed by atoms with Crippen LogP contribution in [0.4, 0.5) is 0 Å². The van der Waals surface area contributed by atoms with Gasteiger partial charge in [-0.15, -0.1) is 0 Å². The van der Waals surface area contributed by atoms with Crippen molar-refractivity contribution in [1.29, 1.82) is 0 Å². The first kappa shape index (κ1) is 23.5. The fourth-order valence-electron chi connectivity index (χ4n) is 1.56. The van der Waals surface area contributed by atoms with Crippen LogP contribution in [0.1, 0.15) is 13.3 Å². The Hall–Kier alpha value is -0.513. The quantitative estimate of drug-likeness (QED) is 0.221. The molecule has 0 aromatic heterocycles. The maximum absolute atomic E-state index is 11.0. The van der Waals surface area contributed by atoms with Gasteiger partial charge in [0.2, 0.25) is 0 Å². The number of rotatable bonds is 17. The second-order valence-electron chi connectivity index (χ2n) is 5.97. The molecule has 0 amide bonds. The molecule has 7 nitrogen and oxygen atoms in total. The van der Waals surface area contributed by atoms with E-state index in [4.69, 9.17) is 28.1 Å². The van der Waals surface area contributed by atoms with E-state index in [0.29, 0.717) is 66.1 Å². The van der Waals surface area contributed by atoms with Gasteiger partial charge in [-0.1, -0.05) is 0 Å². The molecule has 0 spiro atoms. The number of carbonyl (C=O) groups excluding carboxylic acids is 1. The summed E-state index contributed by atoms with van der Waals surface area (Å²) in [5.74, 6) is -0.235. The van der Waals surface area contributed by atoms with Gasteiger partial charge < -0.3 is 28.1 Å². The number of carbonyl (C=O) groups is 1. The van der Waals surface area contributed by atoms with Crippen molar-refractivity contribution in [2.75, 3.05) is 66.1 Å². The number of hydrogen-bond donors (Lipinski definition) is 0. The fraction of sp³-hybridized carbons (Fsp3) is 0.938. The summed E-state index contributed by atoms with van der Waals surface area (Å²) in [4.78, 5) is 11.0. The van der Waals surface area contributed by atoms with E-state index in [1.807, 2.05) is 0 Å². The van der Waals surface area contributed by atoms with Gasteiger partial charge in [0, 0.05) is 0 Å². The highest BCUT2D eigenvalue weighted by Crippen LogP contribution is 2.01. The molecule has 24 heavy (non-hydrogen) atoms. The van der Waals surface area contributed by atoms with Gasteiger partial charge in [-0.2, -0.15) is 0 Å². The molecule has 144 valence electrons. The van der Waals surface area contributed by atoms with Crippen LogP contribution in [0.3, 0.4) is 0 Å². The molecule has 0 aromatic carbocycles. The molecule has 0 fully saturated rings. The molecule has 0 heterocycles. The molecule has 0 bridgehead atoms. The summed E-state index contributed by atoms with van der Waals surface area (Å²) in [6.45, 7) is 13.3. The van der Waals surface area contributed by atoms with Crippen LogP contribution in [-0.2, 0) is 32.9 Å². The predicted molar refractivity (Wildman–Crippen MR) is 93.8 cm³/mol. The molecular formula is C16H34O7Si. The summed E-state index contributed by atoms with van der Waals surface area (Å²) in [5, 5.41) is 0. The Morgan fingerprint density at radius 3 is 1.54 bits per heavy atom. The molecule has 0 atom stereocenters. The molecule has 0 saturated heterocycles. The molecule has 8 heteroatoms. The number of esters is 1. The lowest BCUT2D eigenvalue weighted by Crippen LogP contribution is -2.27. The van der Waals surface area contributed by atoms with Gasteiger partial charge in [0.25, 0.3) is 0 Å². The van der Waals surface area contributed by atoms with Crippen molar-refractivity contribution >= 4 is 14.3 Å². The molecule has 0 N–H and O–H groups in total. The maximum atomic E-state index is 11.0. The van der Waals surface area contributed by atoms with Crippen LogP contribution >= 0.6 is 0 Å². The zero-order chi connectivity index (χ0) is 18.1. The summed E-state index contributed by atoms with van der Waals surface area (Å²) in [5.41, 5.74) is 0. The Kier molecular flexibility index (Phi) is 15.6. The van der Waals surface area contributed by atoms with Crippen LogP contribution in [0, 0.1) is 0 Å². The monoisotopic (exact) mass is 366 g/mol. The molecule has 0 aliphatic heterocycles. The highest BCUT2D eigenvalue weighted by molar-refractivity contribution is 6.69. The van der Waals surface area contributed by atoms with Crippen LogP contribution < -0.4 is 0 Å². The third-order valence-electron chi connectivity index (χ3n) is 2.63. The average Bonchev–Trinajstić information content (AvgIpc) is 2.50. The van der Waals surface area contributed by atoms with Crippen molar-refractivity contribution < 1.29 is 32.9 Å². The second kappa shape index (κ2) is 16.0. The topological polar surface area (TPSA) is 72.5 Å². The van der Waals surface area contributed by atoms with Crippen LogP contribution in [0.15, 0.2) is 0 Å². The van der Waals surface area contributed by atoms with Gasteiger partial charge >= 0.3 is 5.97 Å². The van der Waals surface area contributed by atoms with E-state index >= 15 is 0 Å². The highest BCUT2D eigenvalue weighted by atomic mass is 28.4. The van der Waals surface area contributed by atoms with Crippen molar-refractivity contribution in [3.05, 3.63) is 0 Å². The van der Waals surface area contributed by atoms with Gasteiger partial charge in [0.1, 0.15) is 0 Å². The summed E-state index contributed by atoms with van der Waals surface area (Å²) < 4.78 is 31.9. The van der Waals surface area contributed by atoms with E-state index in [1.165, 1.54) is 0 Å². The molecule has 0 unspecified atom stereocenters. The average molecular weight is 367 g/mol. The van der Waals surface area contributed by atoms with E-state index in [0.717, 1.165) is 0 Å². The maximum Gasteiger partial charge on any atom is 0.308 e. The third-order valence-corrected chi connectivity index (χ3v) is 3.70. The SMILES string of the molecule is CCOC(=O)CCOCCOCCOCCOCCO[Si](C)(C)C. The fourth-order valence-corrected chi connectivity index (χ4v) is 2.25. The van der Waals surface area contributed by atoms with Gasteiger partial charge in [-0.25, -0.2) is 0 Å². The lowest BCUT2D eigenvalue weighted by Gasteiger charge is -2.16. The van der Waals surface area contributed by atoms with Crippen molar-refractivity contribution in [3.8, 4) is 0 Å². The second-order valence-corrected chi connectivity index (χ2v) is 10.5. The summed E-state index contributed by atoms with van der Waals surface area (Å²) >= 11 is 0. The van der Waals surface area contributed by atoms with E-state index in [-0.39, 0.29) is 12.4 Å². The molecule has 0 aliphatic carbocycles. The summed E-state index contributed by atoms with van der Waals surface area (Å²) in [6, 6.07) is 0. The summed E-state index contributed by atoms with van der Waals surface area (Å²) in [7, 11) is -1.43. The Bertz CT molecular complexity index is 295. The molecule has 0 rings (SSSR count). The molecule has 0 saturated carbocycles. The van der Waals surface area contributed by atoms with E-state index in [9.17, 15) is 4.79 Å². The van der Waals surface area contributed by atoms with E-state index < -0.39 is 8.32 Å². The standard InChI is InChI=1S/C16H34O7Si/c1-5-22-16(17)6-7-18-8-9-19-10-11-20-12-13-21-14-15-23-24(2,3)4/h5-15H2,1-4H3. The lowest BCUT2D eigenvalue weighted by molar-refractivity contribution is -0.144. The third kappa shape index (κ3) is 19.5. The van der Waals surface area contributed by atoms with Gasteiger partial charge in [0.05, 0.1) is 72.5 Å². The first-order valence-electron chi connectivity index (χ1n) is 8.56. The zero-order valence-electron chi connectivity index (χ0n) is 15.6. The Labute approximate surface area is 147 Å². The molecular weight excluding hydrogens is 332 g/mol. The minimum absolute atomic E-state index is 0.235.